The van der Waals surface area contributed by atoms with Gasteiger partial charge in [0.1, 0.15) is 5.82 Å². The highest BCUT2D eigenvalue weighted by atomic mass is 35.5. The van der Waals surface area contributed by atoms with Crippen molar-refractivity contribution >= 4 is 28.5 Å². The summed E-state index contributed by atoms with van der Waals surface area (Å²) in [6.45, 7) is 2.49. The van der Waals surface area contributed by atoms with E-state index in [-0.39, 0.29) is 10.6 Å². The predicted octanol–water partition coefficient (Wildman–Crippen LogP) is 5.20. The van der Waals surface area contributed by atoms with Gasteiger partial charge in [-0.2, -0.15) is 0 Å². The van der Waals surface area contributed by atoms with Crippen LogP contribution in [0, 0.1) is 5.82 Å². The molecule has 0 unspecified atom stereocenters. The Hall–Kier alpha value is -4.04. The smallest absolute Gasteiger partial charge is 0.253 e. The van der Waals surface area contributed by atoms with E-state index in [1.54, 1.807) is 24.8 Å². The van der Waals surface area contributed by atoms with Gasteiger partial charge in [0.05, 0.1) is 40.5 Å². The van der Waals surface area contributed by atoms with E-state index >= 15 is 0 Å². The molecule has 0 aliphatic rings. The fourth-order valence-electron chi connectivity index (χ4n) is 3.82. The van der Waals surface area contributed by atoms with Crippen LogP contribution in [-0.4, -0.2) is 24.5 Å². The van der Waals surface area contributed by atoms with E-state index in [1.165, 1.54) is 12.1 Å². The Morgan fingerprint density at radius 3 is 2.82 bits per heavy atom. The minimum atomic E-state index is -0.583. The van der Waals surface area contributed by atoms with Gasteiger partial charge in [-0.3, -0.25) is 4.79 Å². The highest BCUT2D eigenvalue weighted by Crippen LogP contribution is 2.24. The first-order valence-electron chi connectivity index (χ1n) is 10.6. The summed E-state index contributed by atoms with van der Waals surface area (Å²) in [7, 11) is 0. The number of imidazole rings is 1. The lowest BCUT2D eigenvalue weighted by Crippen LogP contribution is -2.20. The third kappa shape index (κ3) is 4.40. The minimum absolute atomic E-state index is 0.00531. The first kappa shape index (κ1) is 21.8. The third-order valence-corrected chi connectivity index (χ3v) is 5.84. The molecule has 9 heteroatoms. The summed E-state index contributed by atoms with van der Waals surface area (Å²) in [5, 5.41) is 3.81. The van der Waals surface area contributed by atoms with Crippen LogP contribution < -0.4 is 10.9 Å². The largest absolute Gasteiger partial charge is 0.347 e. The van der Waals surface area contributed by atoms with Crippen molar-refractivity contribution in [1.82, 2.24) is 24.5 Å². The number of H-pyrrole nitrogens is 1. The molecule has 0 spiro atoms. The molecule has 0 aliphatic heterocycles. The van der Waals surface area contributed by atoms with Gasteiger partial charge < -0.3 is 14.9 Å². The van der Waals surface area contributed by atoms with Crippen molar-refractivity contribution in [3.63, 3.8) is 0 Å². The van der Waals surface area contributed by atoms with Crippen LogP contribution in [0.2, 0.25) is 5.02 Å². The first-order valence-corrected chi connectivity index (χ1v) is 11.0. The Bertz CT molecular complexity index is 1530. The number of anilines is 1. The fourth-order valence-corrected chi connectivity index (χ4v) is 3.99. The first-order chi connectivity index (χ1) is 16.5. The zero-order valence-corrected chi connectivity index (χ0v) is 18.9. The highest BCUT2D eigenvalue weighted by Gasteiger charge is 2.15. The topological polar surface area (TPSA) is 88.5 Å². The molecule has 0 amide bonds. The van der Waals surface area contributed by atoms with Gasteiger partial charge >= 0.3 is 0 Å². The number of nitrogens with zero attached hydrogens (tertiary/aromatic N) is 4. The fraction of sp³-hybridized carbons (Fsp3) is 0.120. The molecule has 34 heavy (non-hydrogen) atoms. The highest BCUT2D eigenvalue weighted by molar-refractivity contribution is 6.31. The maximum absolute atomic E-state index is 13.7. The number of benzene rings is 2. The number of halogens is 2. The van der Waals surface area contributed by atoms with Crippen LogP contribution in [-0.2, 0) is 6.54 Å². The molecule has 1 atom stereocenters. The maximum Gasteiger partial charge on any atom is 0.253 e. The summed E-state index contributed by atoms with van der Waals surface area (Å²) in [4.78, 5) is 28.6. The summed E-state index contributed by atoms with van der Waals surface area (Å²) in [6.07, 6.45) is 5.18. The number of pyridine rings is 1. The standard InChI is InChI=1S/C25H20ClFN6O/c1-15(18-9-17-10-19(26)20(27)11-22(17)31-24(18)34)30-25-29-8-7-21(32-25)23-12-28-14-33(23)13-16-5-3-2-4-6-16/h2-12,14-15H,13H2,1H3,(H,31,34)(H,29,30,32)/t15-/m0/s1. The number of nitrogens with one attached hydrogen (secondary N) is 2. The molecule has 0 fully saturated rings. The van der Waals surface area contributed by atoms with Crippen molar-refractivity contribution in [1.29, 1.82) is 0 Å². The van der Waals surface area contributed by atoms with Crippen LogP contribution in [0.1, 0.15) is 24.1 Å². The second-order valence-electron chi connectivity index (χ2n) is 7.93. The van der Waals surface area contributed by atoms with Crippen molar-refractivity contribution in [3.05, 3.63) is 106 Å². The van der Waals surface area contributed by atoms with E-state index < -0.39 is 11.9 Å². The number of aromatic nitrogens is 5. The molecule has 2 aromatic carbocycles. The van der Waals surface area contributed by atoms with E-state index in [9.17, 15) is 9.18 Å². The predicted molar refractivity (Wildman–Crippen MR) is 130 cm³/mol. The number of fused-ring (bicyclic) bond motifs is 1. The Morgan fingerprint density at radius 2 is 2.00 bits per heavy atom. The summed E-state index contributed by atoms with van der Waals surface area (Å²) in [6, 6.07) is 15.9. The summed E-state index contributed by atoms with van der Waals surface area (Å²) >= 11 is 5.91. The Morgan fingerprint density at radius 1 is 1.18 bits per heavy atom. The molecule has 0 saturated heterocycles. The molecule has 5 aromatic rings. The van der Waals surface area contributed by atoms with Crippen molar-refractivity contribution in [2.45, 2.75) is 19.5 Å². The van der Waals surface area contributed by atoms with Gasteiger partial charge in [-0.15, -0.1) is 0 Å². The monoisotopic (exact) mass is 474 g/mol. The van der Waals surface area contributed by atoms with Gasteiger partial charge in [-0.25, -0.2) is 19.3 Å². The van der Waals surface area contributed by atoms with Crippen molar-refractivity contribution < 1.29 is 4.39 Å². The zero-order valence-electron chi connectivity index (χ0n) is 18.2. The lowest BCUT2D eigenvalue weighted by atomic mass is 10.1. The van der Waals surface area contributed by atoms with Crippen molar-refractivity contribution in [2.75, 3.05) is 5.32 Å². The van der Waals surface area contributed by atoms with Gasteiger partial charge in [0.2, 0.25) is 5.95 Å². The van der Waals surface area contributed by atoms with E-state index in [1.807, 2.05) is 35.8 Å². The van der Waals surface area contributed by atoms with E-state index in [4.69, 9.17) is 11.6 Å². The lowest BCUT2D eigenvalue weighted by molar-refractivity contribution is 0.629. The van der Waals surface area contributed by atoms with Gasteiger partial charge in [-0.05, 0) is 36.8 Å². The Kier molecular flexibility index (Phi) is 5.81. The third-order valence-electron chi connectivity index (χ3n) is 5.55. The van der Waals surface area contributed by atoms with Gasteiger partial charge in [-0.1, -0.05) is 41.9 Å². The average molecular weight is 475 g/mol. The number of rotatable bonds is 6. The van der Waals surface area contributed by atoms with Crippen molar-refractivity contribution in [2.24, 2.45) is 0 Å². The number of hydrogen-bond donors (Lipinski definition) is 2. The SMILES string of the molecule is C[C@H](Nc1nccc(-c2cncn2Cc2ccccc2)n1)c1cc2cc(Cl)c(F)cc2[nH]c1=O. The number of aromatic amines is 1. The van der Waals surface area contributed by atoms with Crippen molar-refractivity contribution in [3.8, 4) is 11.4 Å². The van der Waals surface area contributed by atoms with Crippen LogP contribution in [0.5, 0.6) is 0 Å². The normalized spacial score (nSPS) is 12.1. The molecule has 3 aromatic heterocycles. The lowest BCUT2D eigenvalue weighted by Gasteiger charge is -2.15. The quantitative estimate of drug-likeness (QED) is 0.353. The molecular formula is C25H20ClFN6O. The van der Waals surface area contributed by atoms with E-state index in [2.05, 4.69) is 37.4 Å². The van der Waals surface area contributed by atoms with Crippen LogP contribution in [0.4, 0.5) is 10.3 Å². The zero-order chi connectivity index (χ0) is 23.7. The summed E-state index contributed by atoms with van der Waals surface area (Å²) in [5.41, 5.74) is 3.21. The molecule has 0 saturated carbocycles. The van der Waals surface area contributed by atoms with Gasteiger partial charge in [0.15, 0.2) is 0 Å². The number of hydrogen-bond acceptors (Lipinski definition) is 5. The van der Waals surface area contributed by atoms with Gasteiger partial charge in [0.25, 0.3) is 5.56 Å². The van der Waals surface area contributed by atoms with E-state index in [0.29, 0.717) is 34.7 Å². The van der Waals surface area contributed by atoms with Crippen LogP contribution >= 0.6 is 11.6 Å². The van der Waals surface area contributed by atoms with E-state index in [0.717, 1.165) is 11.3 Å². The molecular weight excluding hydrogens is 455 g/mol. The van der Waals surface area contributed by atoms with Crippen LogP contribution in [0.25, 0.3) is 22.3 Å². The molecule has 2 N–H and O–H groups in total. The Balaban J connectivity index is 1.41. The summed E-state index contributed by atoms with van der Waals surface area (Å²) < 4.78 is 15.8. The molecule has 5 rings (SSSR count). The van der Waals surface area contributed by atoms with Gasteiger partial charge in [0, 0.05) is 23.7 Å². The molecule has 0 aliphatic carbocycles. The maximum atomic E-state index is 13.7. The minimum Gasteiger partial charge on any atom is -0.347 e. The Labute approximate surface area is 199 Å². The summed E-state index contributed by atoms with van der Waals surface area (Å²) in [5.74, 6) is -0.213. The second kappa shape index (κ2) is 9.07. The molecule has 7 nitrogen and oxygen atoms in total. The molecule has 170 valence electrons. The molecule has 0 radical (unpaired) electrons. The molecule has 0 bridgehead atoms. The average Bonchev–Trinajstić information content (AvgIpc) is 3.29. The second-order valence-corrected chi connectivity index (χ2v) is 8.34. The van der Waals surface area contributed by atoms with Crippen LogP contribution in [0.15, 0.2) is 78.1 Å². The molecule has 3 heterocycles. The van der Waals surface area contributed by atoms with Crippen LogP contribution in [0.3, 0.4) is 0 Å².